The zero-order valence-corrected chi connectivity index (χ0v) is 13.3. The first-order valence-electron chi connectivity index (χ1n) is 5.70. The van der Waals surface area contributed by atoms with Gasteiger partial charge in [-0.1, -0.05) is 15.9 Å². The summed E-state index contributed by atoms with van der Waals surface area (Å²) >= 11 is 6.70. The highest BCUT2D eigenvalue weighted by atomic mass is 79.9. The van der Waals surface area contributed by atoms with Gasteiger partial charge in [0.15, 0.2) is 6.10 Å². The van der Waals surface area contributed by atoms with E-state index in [1.165, 1.54) is 0 Å². The van der Waals surface area contributed by atoms with Crippen molar-refractivity contribution in [2.45, 2.75) is 13.0 Å². The lowest BCUT2D eigenvalue weighted by atomic mass is 10.3. The Hall–Kier alpha value is -1.08. The van der Waals surface area contributed by atoms with Gasteiger partial charge in [0.1, 0.15) is 5.75 Å². The van der Waals surface area contributed by atoms with Crippen LogP contribution in [0.1, 0.15) is 6.92 Å². The Kier molecular flexibility index (Phi) is 4.46. The van der Waals surface area contributed by atoms with E-state index in [4.69, 9.17) is 4.74 Å². The van der Waals surface area contributed by atoms with E-state index in [0.29, 0.717) is 18.8 Å². The van der Waals surface area contributed by atoms with Gasteiger partial charge in [0.05, 0.1) is 4.47 Å². The van der Waals surface area contributed by atoms with Gasteiger partial charge in [-0.25, -0.2) is 4.79 Å². The zero-order valence-electron chi connectivity index (χ0n) is 10.2. The van der Waals surface area contributed by atoms with E-state index in [-0.39, 0.29) is 11.9 Å². The van der Waals surface area contributed by atoms with E-state index in [1.54, 1.807) is 13.0 Å². The molecule has 5 nitrogen and oxygen atoms in total. The molecular formula is C12H12Br2N2O3. The number of hydrogen-bond acceptors (Lipinski definition) is 3. The smallest absolute Gasteiger partial charge is 0.324 e. The number of hydrogen-bond donors (Lipinski definition) is 1. The number of nitrogens with zero attached hydrogens (tertiary/aromatic N) is 1. The summed E-state index contributed by atoms with van der Waals surface area (Å²) < 4.78 is 7.23. The summed E-state index contributed by atoms with van der Waals surface area (Å²) in [7, 11) is 0. The van der Waals surface area contributed by atoms with Crippen molar-refractivity contribution in [3.63, 3.8) is 0 Å². The van der Waals surface area contributed by atoms with Crippen LogP contribution < -0.4 is 10.1 Å². The monoisotopic (exact) mass is 390 g/mol. The predicted octanol–water partition coefficient (Wildman–Crippen LogP) is 2.53. The Bertz CT molecular complexity index is 522. The first kappa shape index (κ1) is 14.3. The van der Waals surface area contributed by atoms with Crippen LogP contribution in [0.3, 0.4) is 0 Å². The minimum absolute atomic E-state index is 0.343. The molecule has 2 rings (SSSR count). The maximum atomic E-state index is 12.1. The molecule has 1 aliphatic rings. The van der Waals surface area contributed by atoms with Crippen LogP contribution in [0.15, 0.2) is 27.1 Å². The standard InChI is InChI=1S/C12H12Br2N2O3/c1-7(11(17)16-5-4-15-12(16)18)19-10-3-2-8(13)6-9(10)14/h2-3,6-7H,4-5H2,1H3,(H,15,18)/t7-/m0/s1. The average Bonchev–Trinajstić information content (AvgIpc) is 2.78. The van der Waals surface area contributed by atoms with E-state index in [2.05, 4.69) is 37.2 Å². The number of halogens is 2. The lowest BCUT2D eigenvalue weighted by molar-refractivity contribution is -0.134. The second kappa shape index (κ2) is 5.92. The molecular weight excluding hydrogens is 380 g/mol. The van der Waals surface area contributed by atoms with Crippen LogP contribution in [-0.2, 0) is 4.79 Å². The Morgan fingerprint density at radius 3 is 2.79 bits per heavy atom. The number of carbonyl (C=O) groups excluding carboxylic acids is 2. The van der Waals surface area contributed by atoms with Crippen LogP contribution >= 0.6 is 31.9 Å². The topological polar surface area (TPSA) is 58.6 Å². The molecule has 19 heavy (non-hydrogen) atoms. The third kappa shape index (κ3) is 3.27. The van der Waals surface area contributed by atoms with Gasteiger partial charge in [0, 0.05) is 17.6 Å². The van der Waals surface area contributed by atoms with Gasteiger partial charge in [0.25, 0.3) is 5.91 Å². The van der Waals surface area contributed by atoms with E-state index in [1.807, 2.05) is 12.1 Å². The van der Waals surface area contributed by atoms with Gasteiger partial charge in [-0.2, -0.15) is 0 Å². The maximum absolute atomic E-state index is 12.1. The van der Waals surface area contributed by atoms with Crippen molar-refractivity contribution in [3.05, 3.63) is 27.1 Å². The number of urea groups is 1. The van der Waals surface area contributed by atoms with Crippen LogP contribution in [0.25, 0.3) is 0 Å². The normalized spacial score (nSPS) is 16.2. The van der Waals surface area contributed by atoms with Gasteiger partial charge >= 0.3 is 6.03 Å². The Morgan fingerprint density at radius 1 is 1.47 bits per heavy atom. The van der Waals surface area contributed by atoms with Crippen LogP contribution in [0.2, 0.25) is 0 Å². The second-order valence-corrected chi connectivity index (χ2v) is 5.83. The molecule has 1 aromatic carbocycles. The molecule has 3 amide bonds. The molecule has 0 bridgehead atoms. The molecule has 1 N–H and O–H groups in total. The summed E-state index contributed by atoms with van der Waals surface area (Å²) in [5, 5.41) is 2.58. The number of amides is 3. The summed E-state index contributed by atoms with van der Waals surface area (Å²) in [4.78, 5) is 24.6. The molecule has 7 heteroatoms. The van der Waals surface area contributed by atoms with Gasteiger partial charge < -0.3 is 10.1 Å². The van der Waals surface area contributed by atoms with Gasteiger partial charge in [-0.3, -0.25) is 9.69 Å². The van der Waals surface area contributed by atoms with Crippen molar-refractivity contribution in [1.82, 2.24) is 10.2 Å². The van der Waals surface area contributed by atoms with Crippen molar-refractivity contribution in [3.8, 4) is 5.75 Å². The Labute approximate surface area is 127 Å². The minimum Gasteiger partial charge on any atom is -0.480 e. The largest absolute Gasteiger partial charge is 0.480 e. The Balaban J connectivity index is 2.06. The molecule has 102 valence electrons. The molecule has 1 heterocycles. The molecule has 0 saturated carbocycles. The highest BCUT2D eigenvalue weighted by Gasteiger charge is 2.30. The zero-order chi connectivity index (χ0) is 14.0. The van der Waals surface area contributed by atoms with Gasteiger partial charge in [-0.15, -0.1) is 0 Å². The van der Waals surface area contributed by atoms with Crippen LogP contribution in [0.4, 0.5) is 4.79 Å². The summed E-state index contributed by atoms with van der Waals surface area (Å²) in [6.45, 7) is 2.49. The average molecular weight is 392 g/mol. The molecule has 0 spiro atoms. The van der Waals surface area contributed by atoms with E-state index >= 15 is 0 Å². The number of carbonyl (C=O) groups is 2. The Morgan fingerprint density at radius 2 is 2.21 bits per heavy atom. The lowest BCUT2D eigenvalue weighted by Crippen LogP contribution is -2.42. The van der Waals surface area contributed by atoms with Crippen molar-refractivity contribution in [2.75, 3.05) is 13.1 Å². The molecule has 0 radical (unpaired) electrons. The van der Waals surface area contributed by atoms with Crippen LogP contribution in [0, 0.1) is 0 Å². The minimum atomic E-state index is -0.721. The van der Waals surface area contributed by atoms with Crippen molar-refractivity contribution >= 4 is 43.8 Å². The predicted molar refractivity (Wildman–Crippen MR) is 77.0 cm³/mol. The molecule has 1 fully saturated rings. The summed E-state index contributed by atoms with van der Waals surface area (Å²) in [5.74, 6) is 0.216. The number of rotatable bonds is 3. The van der Waals surface area contributed by atoms with Crippen molar-refractivity contribution < 1.29 is 14.3 Å². The summed E-state index contributed by atoms with van der Waals surface area (Å²) in [5.41, 5.74) is 0. The first-order chi connectivity index (χ1) is 8.99. The maximum Gasteiger partial charge on any atom is 0.324 e. The highest BCUT2D eigenvalue weighted by Crippen LogP contribution is 2.29. The quantitative estimate of drug-likeness (QED) is 0.861. The van der Waals surface area contributed by atoms with Crippen LogP contribution in [-0.4, -0.2) is 36.0 Å². The molecule has 1 saturated heterocycles. The van der Waals surface area contributed by atoms with Gasteiger partial charge in [-0.05, 0) is 41.1 Å². The fraction of sp³-hybridized carbons (Fsp3) is 0.333. The number of nitrogens with one attached hydrogen (secondary N) is 1. The lowest BCUT2D eigenvalue weighted by Gasteiger charge is -2.19. The summed E-state index contributed by atoms with van der Waals surface area (Å²) in [6.07, 6.45) is -0.721. The number of imide groups is 1. The molecule has 1 aromatic rings. The van der Waals surface area contributed by atoms with Gasteiger partial charge in [0.2, 0.25) is 0 Å². The fourth-order valence-electron chi connectivity index (χ4n) is 1.71. The first-order valence-corrected chi connectivity index (χ1v) is 7.28. The SMILES string of the molecule is C[C@H](Oc1ccc(Br)cc1Br)C(=O)N1CCNC1=O. The van der Waals surface area contributed by atoms with Crippen LogP contribution in [0.5, 0.6) is 5.75 Å². The van der Waals surface area contributed by atoms with E-state index in [0.717, 1.165) is 13.8 Å². The third-order valence-electron chi connectivity index (χ3n) is 2.67. The molecule has 1 aliphatic heterocycles. The molecule has 0 aromatic heterocycles. The summed E-state index contributed by atoms with van der Waals surface area (Å²) in [6, 6.07) is 5.03. The van der Waals surface area contributed by atoms with Crippen molar-refractivity contribution in [2.24, 2.45) is 0 Å². The number of ether oxygens (including phenoxy) is 1. The highest BCUT2D eigenvalue weighted by molar-refractivity contribution is 9.11. The third-order valence-corrected chi connectivity index (χ3v) is 3.78. The van der Waals surface area contributed by atoms with E-state index in [9.17, 15) is 9.59 Å². The second-order valence-electron chi connectivity index (χ2n) is 4.06. The van der Waals surface area contributed by atoms with Crippen molar-refractivity contribution in [1.29, 1.82) is 0 Å². The molecule has 0 aliphatic carbocycles. The fourth-order valence-corrected chi connectivity index (χ4v) is 2.85. The van der Waals surface area contributed by atoms with E-state index < -0.39 is 6.10 Å². The molecule has 0 unspecified atom stereocenters. The number of benzene rings is 1. The molecule has 1 atom stereocenters.